The number of aromatic nitrogens is 3. The van der Waals surface area contributed by atoms with Gasteiger partial charge in [-0.3, -0.25) is 9.52 Å². The SMILES string of the molecule is C=CC(=O)Nc1ccc(CS(=O)(=O)Nc2ccc(-c3cc4c(N5CCOCC5)ncnc4[nH]3)cc2)cc1. The molecule has 1 saturated heterocycles. The van der Waals surface area contributed by atoms with Crippen molar-refractivity contribution in [3.8, 4) is 11.3 Å². The number of benzene rings is 2. The maximum absolute atomic E-state index is 12.7. The summed E-state index contributed by atoms with van der Waals surface area (Å²) in [4.78, 5) is 25.8. The first-order chi connectivity index (χ1) is 17.9. The Hall–Kier alpha value is -4.22. The van der Waals surface area contributed by atoms with Crippen LogP contribution in [0.1, 0.15) is 5.56 Å². The summed E-state index contributed by atoms with van der Waals surface area (Å²) in [6, 6.07) is 15.8. The molecule has 0 spiro atoms. The zero-order chi connectivity index (χ0) is 25.8. The summed E-state index contributed by atoms with van der Waals surface area (Å²) < 4.78 is 33.5. The van der Waals surface area contributed by atoms with Crippen molar-refractivity contribution < 1.29 is 17.9 Å². The van der Waals surface area contributed by atoms with Gasteiger partial charge in [0.1, 0.15) is 17.8 Å². The number of nitrogens with one attached hydrogen (secondary N) is 3. The van der Waals surface area contributed by atoms with Crippen molar-refractivity contribution in [3.63, 3.8) is 0 Å². The van der Waals surface area contributed by atoms with Crippen molar-refractivity contribution in [2.24, 2.45) is 0 Å². The van der Waals surface area contributed by atoms with Crippen molar-refractivity contribution >= 4 is 44.2 Å². The van der Waals surface area contributed by atoms with Gasteiger partial charge < -0.3 is 19.9 Å². The Morgan fingerprint density at radius 1 is 1.05 bits per heavy atom. The number of nitrogens with zero attached hydrogens (tertiary/aromatic N) is 3. The Morgan fingerprint density at radius 3 is 2.46 bits per heavy atom. The second-order valence-electron chi connectivity index (χ2n) is 8.57. The lowest BCUT2D eigenvalue weighted by Crippen LogP contribution is -2.36. The standard InChI is InChI=1S/C26H26N6O4S/c1-2-24(33)29-20-7-3-18(4-8-20)16-37(34,35)31-21-9-5-19(6-10-21)23-15-22-25(30-23)27-17-28-26(22)32-11-13-36-14-12-32/h2-10,15,17,31H,1,11-14,16H2,(H,29,33)(H,27,28,30). The van der Waals surface area contributed by atoms with Gasteiger partial charge in [-0.15, -0.1) is 0 Å². The number of H-pyrrole nitrogens is 1. The third-order valence-electron chi connectivity index (χ3n) is 5.95. The van der Waals surface area contributed by atoms with E-state index in [9.17, 15) is 13.2 Å². The van der Waals surface area contributed by atoms with Gasteiger partial charge >= 0.3 is 0 Å². The van der Waals surface area contributed by atoms with Gasteiger partial charge in [0.05, 0.1) is 24.4 Å². The van der Waals surface area contributed by atoms with Crippen molar-refractivity contribution in [1.82, 2.24) is 15.0 Å². The number of sulfonamides is 1. The highest BCUT2D eigenvalue weighted by Gasteiger charge is 2.18. The highest BCUT2D eigenvalue weighted by Crippen LogP contribution is 2.30. The van der Waals surface area contributed by atoms with Crippen molar-refractivity contribution in [2.45, 2.75) is 5.75 Å². The van der Waals surface area contributed by atoms with Crippen LogP contribution in [0.5, 0.6) is 0 Å². The molecule has 190 valence electrons. The Labute approximate surface area is 214 Å². The van der Waals surface area contributed by atoms with E-state index in [2.05, 4.69) is 36.5 Å². The molecule has 1 fully saturated rings. The van der Waals surface area contributed by atoms with Crippen molar-refractivity contribution in [2.75, 3.05) is 41.2 Å². The predicted octanol–water partition coefficient (Wildman–Crippen LogP) is 3.53. The van der Waals surface area contributed by atoms with Crippen LogP contribution in [-0.2, 0) is 25.3 Å². The number of anilines is 3. The molecule has 0 unspecified atom stereocenters. The Balaban J connectivity index is 1.28. The van der Waals surface area contributed by atoms with E-state index in [0.717, 1.165) is 41.2 Å². The van der Waals surface area contributed by atoms with Crippen LogP contribution in [0.25, 0.3) is 22.3 Å². The fourth-order valence-corrected chi connectivity index (χ4v) is 5.34. The molecule has 10 nitrogen and oxygen atoms in total. The summed E-state index contributed by atoms with van der Waals surface area (Å²) in [6.07, 6.45) is 2.72. The van der Waals surface area contributed by atoms with Crippen molar-refractivity contribution in [3.05, 3.63) is 79.1 Å². The second-order valence-corrected chi connectivity index (χ2v) is 10.3. The lowest BCUT2D eigenvalue weighted by atomic mass is 10.1. The van der Waals surface area contributed by atoms with Crippen LogP contribution >= 0.6 is 0 Å². The number of carbonyl (C=O) groups excluding carboxylic acids is 1. The number of rotatable bonds is 8. The molecule has 0 bridgehead atoms. The van der Waals surface area contributed by atoms with Gasteiger partial charge in [-0.1, -0.05) is 30.8 Å². The van der Waals surface area contributed by atoms with Gasteiger partial charge in [-0.05, 0) is 47.5 Å². The lowest BCUT2D eigenvalue weighted by Gasteiger charge is -2.27. The second kappa shape index (κ2) is 10.4. The minimum absolute atomic E-state index is 0.199. The summed E-state index contributed by atoms with van der Waals surface area (Å²) in [7, 11) is -3.64. The van der Waals surface area contributed by atoms with Gasteiger partial charge in [-0.25, -0.2) is 18.4 Å². The summed E-state index contributed by atoms with van der Waals surface area (Å²) in [5.74, 6) is 0.342. The van der Waals surface area contributed by atoms with E-state index in [1.165, 1.54) is 6.08 Å². The molecule has 1 aliphatic rings. The third kappa shape index (κ3) is 5.79. The summed E-state index contributed by atoms with van der Waals surface area (Å²) in [6.45, 7) is 6.29. The van der Waals surface area contributed by atoms with Gasteiger partial charge in [0.15, 0.2) is 0 Å². The van der Waals surface area contributed by atoms with E-state index in [4.69, 9.17) is 4.74 Å². The number of hydrogen-bond acceptors (Lipinski definition) is 7. The topological polar surface area (TPSA) is 129 Å². The van der Waals surface area contributed by atoms with Crippen molar-refractivity contribution in [1.29, 1.82) is 0 Å². The van der Waals surface area contributed by atoms with Gasteiger partial charge in [0, 0.05) is 30.2 Å². The Bertz CT molecular complexity index is 1530. The molecule has 0 atom stereocenters. The highest BCUT2D eigenvalue weighted by atomic mass is 32.2. The number of amides is 1. The fraction of sp³-hybridized carbons (Fsp3) is 0.192. The van der Waals surface area contributed by atoms with Gasteiger partial charge in [0.2, 0.25) is 15.9 Å². The normalized spacial score (nSPS) is 13.9. The smallest absolute Gasteiger partial charge is 0.247 e. The average molecular weight is 519 g/mol. The summed E-state index contributed by atoms with van der Waals surface area (Å²) >= 11 is 0. The van der Waals surface area contributed by atoms with Gasteiger partial charge in [0.25, 0.3) is 0 Å². The van der Waals surface area contributed by atoms with E-state index in [-0.39, 0.29) is 11.7 Å². The number of ether oxygens (including phenoxy) is 1. The molecule has 1 amide bonds. The molecule has 5 rings (SSSR count). The number of hydrogen-bond donors (Lipinski definition) is 3. The maximum atomic E-state index is 12.7. The summed E-state index contributed by atoms with van der Waals surface area (Å²) in [5, 5.41) is 3.56. The number of carbonyl (C=O) groups is 1. The molecule has 1 aliphatic heterocycles. The highest BCUT2D eigenvalue weighted by molar-refractivity contribution is 7.91. The van der Waals surface area contributed by atoms with E-state index in [1.807, 2.05) is 18.2 Å². The molecule has 2 aromatic carbocycles. The van der Waals surface area contributed by atoms with E-state index in [0.29, 0.717) is 30.2 Å². The zero-order valence-electron chi connectivity index (χ0n) is 20.0. The molecular formula is C26H26N6O4S. The largest absolute Gasteiger partial charge is 0.378 e. The molecule has 3 heterocycles. The molecule has 0 saturated carbocycles. The van der Waals surface area contributed by atoms with Crippen LogP contribution in [0.2, 0.25) is 0 Å². The third-order valence-corrected chi connectivity index (χ3v) is 7.21. The fourth-order valence-electron chi connectivity index (χ4n) is 4.14. The number of fused-ring (bicyclic) bond motifs is 1. The van der Waals surface area contributed by atoms with E-state index in [1.54, 1.807) is 42.7 Å². The van der Waals surface area contributed by atoms with E-state index >= 15 is 0 Å². The number of aromatic amines is 1. The Kier molecular flexibility index (Phi) is 6.89. The zero-order valence-corrected chi connectivity index (χ0v) is 20.8. The van der Waals surface area contributed by atoms with Crippen LogP contribution in [-0.4, -0.2) is 55.6 Å². The average Bonchev–Trinajstić information content (AvgIpc) is 3.35. The molecule has 0 radical (unpaired) electrons. The molecular weight excluding hydrogens is 492 g/mol. The summed E-state index contributed by atoms with van der Waals surface area (Å²) in [5.41, 5.74) is 4.12. The van der Waals surface area contributed by atoms with Crippen LogP contribution in [0.4, 0.5) is 17.2 Å². The first-order valence-corrected chi connectivity index (χ1v) is 13.4. The first kappa shape index (κ1) is 24.5. The van der Waals surface area contributed by atoms with Crippen LogP contribution in [0, 0.1) is 0 Å². The molecule has 4 aromatic rings. The molecule has 11 heteroatoms. The molecule has 37 heavy (non-hydrogen) atoms. The number of morpholine rings is 1. The maximum Gasteiger partial charge on any atom is 0.247 e. The van der Waals surface area contributed by atoms with Gasteiger partial charge in [-0.2, -0.15) is 0 Å². The van der Waals surface area contributed by atoms with Crippen LogP contribution < -0.4 is 14.9 Å². The molecule has 3 N–H and O–H groups in total. The quantitative estimate of drug-likeness (QED) is 0.304. The van der Waals surface area contributed by atoms with Crippen LogP contribution in [0.15, 0.2) is 73.6 Å². The Morgan fingerprint density at radius 2 is 1.76 bits per heavy atom. The molecule has 0 aliphatic carbocycles. The minimum atomic E-state index is -3.64. The lowest BCUT2D eigenvalue weighted by molar-refractivity contribution is -0.111. The minimum Gasteiger partial charge on any atom is -0.378 e. The van der Waals surface area contributed by atoms with Crippen LogP contribution in [0.3, 0.4) is 0 Å². The van der Waals surface area contributed by atoms with E-state index < -0.39 is 10.0 Å². The monoisotopic (exact) mass is 518 g/mol. The first-order valence-electron chi connectivity index (χ1n) is 11.7. The predicted molar refractivity (Wildman–Crippen MR) is 144 cm³/mol. The molecule has 2 aromatic heterocycles.